The molecule has 0 saturated heterocycles. The van der Waals surface area contributed by atoms with Gasteiger partial charge in [0.2, 0.25) is 0 Å². The molecule has 0 bridgehead atoms. The van der Waals surface area contributed by atoms with Gasteiger partial charge in [-0.05, 0) is 34.5 Å². The van der Waals surface area contributed by atoms with Crippen LogP contribution in [0, 0.1) is 22.9 Å². The number of hydrogen-bond acceptors (Lipinski definition) is 3. The highest BCUT2D eigenvalue weighted by Gasteiger charge is 2.19. The Morgan fingerprint density at radius 2 is 2.24 bits per heavy atom. The van der Waals surface area contributed by atoms with Gasteiger partial charge in [0, 0.05) is 6.20 Å². The van der Waals surface area contributed by atoms with Crippen LogP contribution in [-0.4, -0.2) is 14.7 Å². The highest BCUT2D eigenvalue weighted by molar-refractivity contribution is 9.10. The molecule has 0 radical (unpaired) electrons. The number of benzene rings is 1. The van der Waals surface area contributed by atoms with E-state index in [1.807, 2.05) is 0 Å². The molecule has 1 heterocycles. The first kappa shape index (κ1) is 11.7. The van der Waals surface area contributed by atoms with Gasteiger partial charge in [-0.25, -0.2) is 9.07 Å². The molecule has 17 heavy (non-hydrogen) atoms. The minimum Gasteiger partial charge on any atom is -0.258 e. The monoisotopic (exact) mass is 299 g/mol. The minimum atomic E-state index is -0.632. The van der Waals surface area contributed by atoms with Gasteiger partial charge >= 0.3 is 0 Å². The first-order valence-corrected chi connectivity index (χ1v) is 5.43. The summed E-state index contributed by atoms with van der Waals surface area (Å²) in [4.78, 5) is 10.2. The second kappa shape index (κ2) is 4.25. The Balaban J connectivity index is 2.67. The summed E-state index contributed by atoms with van der Waals surface area (Å²) in [5.41, 5.74) is 0.250. The van der Waals surface area contributed by atoms with Gasteiger partial charge < -0.3 is 0 Å². The van der Waals surface area contributed by atoms with Crippen molar-refractivity contribution < 1.29 is 9.31 Å². The molecule has 5 nitrogen and oxygen atoms in total. The highest BCUT2D eigenvalue weighted by atomic mass is 79.9. The first-order valence-electron chi connectivity index (χ1n) is 4.64. The fraction of sp³-hybridized carbons (Fsp3) is 0.100. The van der Waals surface area contributed by atoms with Crippen LogP contribution in [0.1, 0.15) is 5.56 Å². The van der Waals surface area contributed by atoms with Gasteiger partial charge in [-0.1, -0.05) is 0 Å². The Hall–Kier alpha value is -1.76. The van der Waals surface area contributed by atoms with Crippen LogP contribution < -0.4 is 0 Å². The molecule has 2 rings (SSSR count). The van der Waals surface area contributed by atoms with Crippen LogP contribution in [0.15, 0.2) is 29.0 Å². The molecule has 0 aliphatic carbocycles. The Morgan fingerprint density at radius 3 is 2.76 bits per heavy atom. The second-order valence-electron chi connectivity index (χ2n) is 3.45. The molecule has 2 aromatic rings. The lowest BCUT2D eigenvalue weighted by molar-refractivity contribution is -0.384. The SMILES string of the molecule is Cc1cc(-n2cc(Br)cn2)c([N+](=O)[O-])cc1F. The quantitative estimate of drug-likeness (QED) is 0.632. The summed E-state index contributed by atoms with van der Waals surface area (Å²) >= 11 is 3.20. The lowest BCUT2D eigenvalue weighted by Crippen LogP contribution is -2.02. The molecule has 0 unspecified atom stereocenters. The van der Waals surface area contributed by atoms with Crippen LogP contribution >= 0.6 is 15.9 Å². The molecule has 0 saturated carbocycles. The van der Waals surface area contributed by atoms with E-state index in [0.717, 1.165) is 6.07 Å². The Morgan fingerprint density at radius 1 is 1.53 bits per heavy atom. The summed E-state index contributed by atoms with van der Waals surface area (Å²) < 4.78 is 15.3. The molecule has 0 amide bonds. The zero-order valence-electron chi connectivity index (χ0n) is 8.72. The predicted molar refractivity (Wildman–Crippen MR) is 62.6 cm³/mol. The maximum Gasteiger partial charge on any atom is 0.297 e. The third-order valence-electron chi connectivity index (χ3n) is 2.25. The Labute approximate surface area is 104 Å². The van der Waals surface area contributed by atoms with Crippen LogP contribution in [0.2, 0.25) is 0 Å². The van der Waals surface area contributed by atoms with Crippen LogP contribution in [0.4, 0.5) is 10.1 Å². The molecule has 0 N–H and O–H groups in total. The number of rotatable bonds is 2. The maximum atomic E-state index is 13.3. The van der Waals surface area contributed by atoms with Gasteiger partial charge in [-0.15, -0.1) is 0 Å². The zero-order valence-corrected chi connectivity index (χ0v) is 10.3. The molecule has 7 heteroatoms. The summed E-state index contributed by atoms with van der Waals surface area (Å²) in [7, 11) is 0. The van der Waals surface area contributed by atoms with Gasteiger partial charge in [-0.3, -0.25) is 10.1 Å². The third kappa shape index (κ3) is 2.19. The average molecular weight is 300 g/mol. The van der Waals surface area contributed by atoms with E-state index in [1.54, 1.807) is 13.1 Å². The van der Waals surface area contributed by atoms with E-state index in [0.29, 0.717) is 10.0 Å². The van der Waals surface area contributed by atoms with E-state index in [2.05, 4.69) is 21.0 Å². The zero-order chi connectivity index (χ0) is 12.6. The van der Waals surface area contributed by atoms with Crippen molar-refractivity contribution in [2.45, 2.75) is 6.92 Å². The maximum absolute atomic E-state index is 13.3. The number of halogens is 2. The van der Waals surface area contributed by atoms with Gasteiger partial charge in [0.25, 0.3) is 5.69 Å². The van der Waals surface area contributed by atoms with Gasteiger partial charge in [0.05, 0.1) is 21.7 Å². The Bertz CT molecular complexity index is 597. The lowest BCUT2D eigenvalue weighted by Gasteiger charge is -2.05. The van der Waals surface area contributed by atoms with Gasteiger partial charge in [0.15, 0.2) is 0 Å². The molecule has 88 valence electrons. The molecule has 1 aromatic carbocycles. The van der Waals surface area contributed by atoms with Crippen molar-refractivity contribution >= 4 is 21.6 Å². The molecular formula is C10H7BrFN3O2. The largest absolute Gasteiger partial charge is 0.297 e. The van der Waals surface area contributed by atoms with Crippen molar-refractivity contribution in [3.05, 3.63) is 50.5 Å². The number of aryl methyl sites for hydroxylation is 1. The van der Waals surface area contributed by atoms with Gasteiger partial charge in [0.1, 0.15) is 11.5 Å². The summed E-state index contributed by atoms with van der Waals surface area (Å²) in [6.45, 7) is 1.54. The van der Waals surface area contributed by atoms with Crippen molar-refractivity contribution in [2.75, 3.05) is 0 Å². The fourth-order valence-corrected chi connectivity index (χ4v) is 1.70. The van der Waals surface area contributed by atoms with Crippen molar-refractivity contribution in [3.63, 3.8) is 0 Å². The summed E-state index contributed by atoms with van der Waals surface area (Å²) in [5.74, 6) is -0.605. The predicted octanol–water partition coefficient (Wildman–Crippen LogP) is 2.99. The molecular weight excluding hydrogens is 293 g/mol. The van der Waals surface area contributed by atoms with Crippen LogP contribution in [0.3, 0.4) is 0 Å². The molecule has 0 aliphatic heterocycles. The van der Waals surface area contributed by atoms with E-state index in [-0.39, 0.29) is 11.4 Å². The van der Waals surface area contributed by atoms with E-state index < -0.39 is 10.7 Å². The van der Waals surface area contributed by atoms with Crippen molar-refractivity contribution in [1.82, 2.24) is 9.78 Å². The van der Waals surface area contributed by atoms with Crippen LogP contribution in [-0.2, 0) is 0 Å². The number of nitro benzene ring substituents is 1. The van der Waals surface area contributed by atoms with E-state index >= 15 is 0 Å². The topological polar surface area (TPSA) is 61.0 Å². The standard InChI is InChI=1S/C10H7BrFN3O2/c1-6-2-9(14-5-7(11)4-13-14)10(15(16)17)3-8(6)12/h2-5H,1H3. The minimum absolute atomic E-state index is 0.236. The number of hydrogen-bond donors (Lipinski definition) is 0. The first-order chi connectivity index (χ1) is 7.99. The summed E-state index contributed by atoms with van der Waals surface area (Å²) in [6.07, 6.45) is 3.07. The van der Waals surface area contributed by atoms with E-state index in [4.69, 9.17) is 0 Å². The normalized spacial score (nSPS) is 10.5. The van der Waals surface area contributed by atoms with E-state index in [1.165, 1.54) is 16.9 Å². The molecule has 0 atom stereocenters. The summed E-state index contributed by atoms with van der Waals surface area (Å²) in [5, 5.41) is 14.8. The highest BCUT2D eigenvalue weighted by Crippen LogP contribution is 2.26. The number of nitro groups is 1. The Kier molecular flexibility index (Phi) is 2.93. The second-order valence-corrected chi connectivity index (χ2v) is 4.37. The average Bonchev–Trinajstić information content (AvgIpc) is 2.68. The van der Waals surface area contributed by atoms with Crippen LogP contribution in [0.25, 0.3) is 5.69 Å². The van der Waals surface area contributed by atoms with Crippen LogP contribution in [0.5, 0.6) is 0 Å². The molecule has 1 aromatic heterocycles. The summed E-state index contributed by atoms with van der Waals surface area (Å²) in [6, 6.07) is 2.30. The van der Waals surface area contributed by atoms with Gasteiger partial charge in [-0.2, -0.15) is 5.10 Å². The van der Waals surface area contributed by atoms with E-state index in [9.17, 15) is 14.5 Å². The third-order valence-corrected chi connectivity index (χ3v) is 2.66. The smallest absolute Gasteiger partial charge is 0.258 e. The lowest BCUT2D eigenvalue weighted by atomic mass is 10.2. The van der Waals surface area contributed by atoms with Crippen molar-refractivity contribution in [2.24, 2.45) is 0 Å². The molecule has 0 spiro atoms. The fourth-order valence-electron chi connectivity index (χ4n) is 1.42. The number of aromatic nitrogens is 2. The molecule has 0 fully saturated rings. The molecule has 0 aliphatic rings. The number of nitrogens with zero attached hydrogens (tertiary/aromatic N) is 3. The van der Waals surface area contributed by atoms with Crippen molar-refractivity contribution in [3.8, 4) is 5.69 Å². The van der Waals surface area contributed by atoms with Crippen molar-refractivity contribution in [1.29, 1.82) is 0 Å².